The molecule has 132 valence electrons. The lowest BCUT2D eigenvalue weighted by Gasteiger charge is -2.38. The van der Waals surface area contributed by atoms with Gasteiger partial charge in [-0.15, -0.1) is 0 Å². The summed E-state index contributed by atoms with van der Waals surface area (Å²) in [4.78, 5) is 18.1. The minimum absolute atomic E-state index is 0.0673. The highest BCUT2D eigenvalue weighted by molar-refractivity contribution is 9.10. The molecular weight excluding hydrogens is 390 g/mol. The highest BCUT2D eigenvalue weighted by Gasteiger charge is 2.33. The number of carbonyl (C=O) groups is 1. The maximum absolute atomic E-state index is 12.3. The highest BCUT2D eigenvalue weighted by atomic mass is 79.9. The fraction of sp³-hybridized carbons (Fsp3) is 0.294. The number of halogens is 1. The number of pyridine rings is 1. The summed E-state index contributed by atoms with van der Waals surface area (Å²) < 4.78 is 17.0. The molecule has 0 radical (unpaired) electrons. The summed E-state index contributed by atoms with van der Waals surface area (Å²) >= 11 is 3.39. The number of amides is 2. The van der Waals surface area contributed by atoms with Gasteiger partial charge in [-0.1, -0.05) is 0 Å². The molecule has 1 aromatic carbocycles. The van der Waals surface area contributed by atoms with E-state index >= 15 is 0 Å². The van der Waals surface area contributed by atoms with Gasteiger partial charge in [0, 0.05) is 18.0 Å². The van der Waals surface area contributed by atoms with Crippen LogP contribution in [0.15, 0.2) is 41.0 Å². The van der Waals surface area contributed by atoms with Gasteiger partial charge in [0.15, 0.2) is 11.5 Å². The van der Waals surface area contributed by atoms with E-state index in [9.17, 15) is 4.79 Å². The van der Waals surface area contributed by atoms with Crippen molar-refractivity contribution in [3.8, 4) is 17.4 Å². The van der Waals surface area contributed by atoms with Gasteiger partial charge in [-0.25, -0.2) is 9.78 Å². The van der Waals surface area contributed by atoms with Gasteiger partial charge in [0.25, 0.3) is 0 Å². The van der Waals surface area contributed by atoms with E-state index in [1.54, 1.807) is 43.5 Å². The molecule has 1 N–H and O–H groups in total. The van der Waals surface area contributed by atoms with Gasteiger partial charge in [-0.2, -0.15) is 0 Å². The average molecular weight is 408 g/mol. The smallest absolute Gasteiger partial charge is 0.322 e. The van der Waals surface area contributed by atoms with Crippen molar-refractivity contribution < 1.29 is 19.0 Å². The van der Waals surface area contributed by atoms with Crippen molar-refractivity contribution in [1.82, 2.24) is 9.88 Å². The van der Waals surface area contributed by atoms with Crippen molar-refractivity contribution >= 4 is 27.6 Å². The Morgan fingerprint density at radius 1 is 1.24 bits per heavy atom. The molecule has 1 fully saturated rings. The molecule has 2 amide bonds. The second kappa shape index (κ2) is 7.60. The summed E-state index contributed by atoms with van der Waals surface area (Å²) in [6.07, 6.45) is 1.60. The number of likely N-dealkylation sites (tertiary alicyclic amines) is 1. The second-order valence-corrected chi connectivity index (χ2v) is 6.29. The van der Waals surface area contributed by atoms with Crippen molar-refractivity contribution in [1.29, 1.82) is 0 Å². The number of benzene rings is 1. The first-order valence-electron chi connectivity index (χ1n) is 7.66. The molecule has 0 aliphatic carbocycles. The van der Waals surface area contributed by atoms with Gasteiger partial charge in [0.1, 0.15) is 6.10 Å². The summed E-state index contributed by atoms with van der Waals surface area (Å²) in [6, 6.07) is 8.72. The molecule has 1 saturated heterocycles. The maximum atomic E-state index is 12.3. The van der Waals surface area contributed by atoms with Gasteiger partial charge in [0.05, 0.1) is 31.8 Å². The van der Waals surface area contributed by atoms with Crippen LogP contribution in [-0.2, 0) is 0 Å². The lowest BCUT2D eigenvalue weighted by molar-refractivity contribution is 0.0455. The Morgan fingerprint density at radius 2 is 2.00 bits per heavy atom. The average Bonchev–Trinajstić information content (AvgIpc) is 2.58. The molecule has 1 aliphatic heterocycles. The summed E-state index contributed by atoms with van der Waals surface area (Å²) in [5.74, 6) is 1.71. The molecule has 0 atom stereocenters. The quantitative estimate of drug-likeness (QED) is 0.823. The molecule has 3 rings (SSSR count). The minimum atomic E-state index is -0.188. The zero-order valence-corrected chi connectivity index (χ0v) is 15.4. The van der Waals surface area contributed by atoms with Crippen LogP contribution >= 0.6 is 15.9 Å². The van der Waals surface area contributed by atoms with Gasteiger partial charge in [0.2, 0.25) is 5.88 Å². The minimum Gasteiger partial charge on any atom is -0.493 e. The van der Waals surface area contributed by atoms with Crippen LogP contribution in [-0.4, -0.2) is 49.3 Å². The number of ether oxygens (including phenoxy) is 3. The Morgan fingerprint density at radius 3 is 2.68 bits per heavy atom. The molecule has 0 saturated carbocycles. The molecule has 1 aliphatic rings. The van der Waals surface area contributed by atoms with Crippen LogP contribution < -0.4 is 19.5 Å². The van der Waals surface area contributed by atoms with Crippen molar-refractivity contribution in [2.45, 2.75) is 6.10 Å². The Labute approximate surface area is 154 Å². The number of carbonyl (C=O) groups excluding carboxylic acids is 1. The first-order valence-corrected chi connectivity index (χ1v) is 8.45. The topological polar surface area (TPSA) is 72.9 Å². The van der Waals surface area contributed by atoms with Crippen LogP contribution in [0, 0.1) is 0 Å². The maximum Gasteiger partial charge on any atom is 0.322 e. The number of hydrogen-bond donors (Lipinski definition) is 1. The number of hydrogen-bond acceptors (Lipinski definition) is 5. The molecular formula is C17H18BrN3O4. The molecule has 2 aromatic rings. The van der Waals surface area contributed by atoms with E-state index in [1.165, 1.54) is 0 Å². The number of methoxy groups -OCH3 is 2. The van der Waals surface area contributed by atoms with Crippen molar-refractivity contribution in [2.75, 3.05) is 32.6 Å². The van der Waals surface area contributed by atoms with Gasteiger partial charge in [-0.3, -0.25) is 0 Å². The van der Waals surface area contributed by atoms with Crippen LogP contribution in [0.2, 0.25) is 0 Å². The molecule has 2 heterocycles. The third kappa shape index (κ3) is 3.96. The summed E-state index contributed by atoms with van der Waals surface area (Å²) in [7, 11) is 3.12. The molecule has 0 unspecified atom stereocenters. The summed E-state index contributed by atoms with van der Waals surface area (Å²) in [6.45, 7) is 1.00. The van der Waals surface area contributed by atoms with Gasteiger partial charge in [-0.05, 0) is 40.2 Å². The van der Waals surface area contributed by atoms with Crippen LogP contribution in [0.4, 0.5) is 10.5 Å². The number of urea groups is 1. The van der Waals surface area contributed by atoms with E-state index in [0.29, 0.717) is 36.2 Å². The fourth-order valence-corrected chi connectivity index (χ4v) is 2.76. The van der Waals surface area contributed by atoms with E-state index in [-0.39, 0.29) is 12.1 Å². The van der Waals surface area contributed by atoms with Crippen molar-refractivity contribution in [3.63, 3.8) is 0 Å². The lowest BCUT2D eigenvalue weighted by Crippen LogP contribution is -2.57. The Balaban J connectivity index is 1.53. The molecule has 1 aromatic heterocycles. The number of aromatic nitrogens is 1. The molecule has 8 heteroatoms. The standard InChI is InChI=1S/C17H18BrN3O4/c1-23-14-6-5-11(8-15(14)24-2)20-17(22)21-9-12(10-21)25-16-13(18)4-3-7-19-16/h3-8,12H,9-10H2,1-2H3,(H,20,22). The number of rotatable bonds is 5. The Hall–Kier alpha value is -2.48. The number of nitrogens with zero attached hydrogens (tertiary/aromatic N) is 2. The van der Waals surface area contributed by atoms with E-state index in [2.05, 4.69) is 26.2 Å². The zero-order chi connectivity index (χ0) is 17.8. The lowest BCUT2D eigenvalue weighted by atomic mass is 10.2. The third-order valence-electron chi connectivity index (χ3n) is 3.77. The predicted molar refractivity (Wildman–Crippen MR) is 96.5 cm³/mol. The van der Waals surface area contributed by atoms with Crippen LogP contribution in [0.25, 0.3) is 0 Å². The Kier molecular flexibility index (Phi) is 5.28. The van der Waals surface area contributed by atoms with Crippen molar-refractivity contribution in [3.05, 3.63) is 41.0 Å². The SMILES string of the molecule is COc1ccc(NC(=O)N2CC(Oc3ncccc3Br)C2)cc1OC. The fourth-order valence-electron chi connectivity index (χ4n) is 2.41. The molecule has 0 bridgehead atoms. The zero-order valence-electron chi connectivity index (χ0n) is 13.9. The van der Waals surface area contributed by atoms with Crippen LogP contribution in [0.1, 0.15) is 0 Å². The summed E-state index contributed by atoms with van der Waals surface area (Å²) in [5, 5.41) is 2.84. The molecule has 0 spiro atoms. The Bertz CT molecular complexity index is 765. The third-order valence-corrected chi connectivity index (χ3v) is 4.38. The first-order chi connectivity index (χ1) is 12.1. The number of nitrogens with one attached hydrogen (secondary N) is 1. The normalized spacial score (nSPS) is 13.8. The van der Waals surface area contributed by atoms with E-state index in [0.717, 1.165) is 4.47 Å². The van der Waals surface area contributed by atoms with E-state index in [4.69, 9.17) is 14.2 Å². The van der Waals surface area contributed by atoms with E-state index in [1.807, 2.05) is 12.1 Å². The van der Waals surface area contributed by atoms with Crippen LogP contribution in [0.3, 0.4) is 0 Å². The monoisotopic (exact) mass is 407 g/mol. The largest absolute Gasteiger partial charge is 0.493 e. The van der Waals surface area contributed by atoms with Crippen LogP contribution in [0.5, 0.6) is 17.4 Å². The number of anilines is 1. The van der Waals surface area contributed by atoms with Gasteiger partial charge < -0.3 is 24.4 Å². The highest BCUT2D eigenvalue weighted by Crippen LogP contribution is 2.30. The molecule has 7 nitrogen and oxygen atoms in total. The predicted octanol–water partition coefficient (Wildman–Crippen LogP) is 3.16. The summed E-state index contributed by atoms with van der Waals surface area (Å²) in [5.41, 5.74) is 0.638. The van der Waals surface area contributed by atoms with Gasteiger partial charge >= 0.3 is 6.03 Å². The molecule has 25 heavy (non-hydrogen) atoms. The second-order valence-electron chi connectivity index (χ2n) is 5.44. The van der Waals surface area contributed by atoms with E-state index < -0.39 is 0 Å². The first kappa shape index (κ1) is 17.3. The van der Waals surface area contributed by atoms with Crippen molar-refractivity contribution in [2.24, 2.45) is 0 Å².